The number of nitrogens with zero attached hydrogens (tertiary/aromatic N) is 3. The van der Waals surface area contributed by atoms with Crippen molar-refractivity contribution >= 4 is 0 Å². The van der Waals surface area contributed by atoms with E-state index in [1.165, 1.54) is 24.8 Å². The molecule has 1 aromatic heterocycles. The molecule has 0 unspecified atom stereocenters. The first-order chi connectivity index (χ1) is 14.4. The molecule has 9 heteroatoms. The molecule has 0 atom stereocenters. The number of aromatic nitrogens is 2. The molecule has 0 spiro atoms. The standard InChI is InChI=1S/C21H23F2N3O4/c1-14-4-7-16(8-5-14)28-11-10-26(2)13-19-24-20(25-30-19)15-6-9-17(29-21(22)23)18(12-15)27-3/h4-9,12,21H,10-11,13H2,1-3H3. The summed E-state index contributed by atoms with van der Waals surface area (Å²) < 4.78 is 45.5. The third kappa shape index (κ3) is 5.90. The molecule has 0 amide bonds. The summed E-state index contributed by atoms with van der Waals surface area (Å²) in [6.07, 6.45) is 0. The van der Waals surface area contributed by atoms with Crippen molar-refractivity contribution in [1.29, 1.82) is 0 Å². The van der Waals surface area contributed by atoms with E-state index in [9.17, 15) is 8.78 Å². The van der Waals surface area contributed by atoms with Gasteiger partial charge in [0.15, 0.2) is 11.5 Å². The van der Waals surface area contributed by atoms with E-state index >= 15 is 0 Å². The van der Waals surface area contributed by atoms with Crippen LogP contribution in [0, 0.1) is 6.92 Å². The Morgan fingerprint density at radius 3 is 2.57 bits per heavy atom. The second-order valence-corrected chi connectivity index (χ2v) is 6.66. The molecule has 0 radical (unpaired) electrons. The summed E-state index contributed by atoms with van der Waals surface area (Å²) in [7, 11) is 3.29. The van der Waals surface area contributed by atoms with Gasteiger partial charge in [-0.15, -0.1) is 0 Å². The number of methoxy groups -OCH3 is 1. The monoisotopic (exact) mass is 419 g/mol. The van der Waals surface area contributed by atoms with Crippen molar-refractivity contribution in [3.8, 4) is 28.6 Å². The molecule has 160 valence electrons. The second-order valence-electron chi connectivity index (χ2n) is 6.66. The Bertz CT molecular complexity index is 948. The van der Waals surface area contributed by atoms with Crippen molar-refractivity contribution in [2.24, 2.45) is 0 Å². The van der Waals surface area contributed by atoms with E-state index in [0.717, 1.165) is 5.75 Å². The van der Waals surface area contributed by atoms with Crippen LogP contribution in [0.5, 0.6) is 17.2 Å². The Hall–Kier alpha value is -3.20. The van der Waals surface area contributed by atoms with Crippen LogP contribution in [-0.4, -0.2) is 49.0 Å². The van der Waals surface area contributed by atoms with E-state index in [4.69, 9.17) is 14.0 Å². The first kappa shape index (κ1) is 21.5. The van der Waals surface area contributed by atoms with Crippen molar-refractivity contribution in [1.82, 2.24) is 15.0 Å². The van der Waals surface area contributed by atoms with E-state index < -0.39 is 6.61 Å². The van der Waals surface area contributed by atoms with E-state index in [1.807, 2.05) is 43.1 Å². The van der Waals surface area contributed by atoms with E-state index in [1.54, 1.807) is 6.07 Å². The van der Waals surface area contributed by atoms with Gasteiger partial charge in [-0.3, -0.25) is 4.90 Å². The molecule has 0 aliphatic heterocycles. The van der Waals surface area contributed by atoms with E-state index in [-0.39, 0.29) is 11.5 Å². The average Bonchev–Trinajstić information content (AvgIpc) is 3.17. The summed E-state index contributed by atoms with van der Waals surface area (Å²) in [5, 5.41) is 3.95. The lowest BCUT2D eigenvalue weighted by Gasteiger charge is -2.14. The first-order valence-electron chi connectivity index (χ1n) is 9.28. The number of alkyl halides is 2. The van der Waals surface area contributed by atoms with Crippen LogP contribution in [0.25, 0.3) is 11.4 Å². The first-order valence-corrected chi connectivity index (χ1v) is 9.28. The lowest BCUT2D eigenvalue weighted by Crippen LogP contribution is -2.24. The molecule has 30 heavy (non-hydrogen) atoms. The molecule has 2 aromatic carbocycles. The van der Waals surface area contributed by atoms with Gasteiger partial charge in [-0.1, -0.05) is 22.9 Å². The average molecular weight is 419 g/mol. The van der Waals surface area contributed by atoms with Crippen molar-refractivity contribution in [3.05, 3.63) is 53.9 Å². The van der Waals surface area contributed by atoms with Crippen LogP contribution in [0.15, 0.2) is 47.0 Å². The lowest BCUT2D eigenvalue weighted by atomic mass is 10.2. The highest BCUT2D eigenvalue weighted by Gasteiger charge is 2.15. The Morgan fingerprint density at radius 1 is 1.10 bits per heavy atom. The highest BCUT2D eigenvalue weighted by molar-refractivity contribution is 5.60. The maximum atomic E-state index is 12.5. The highest BCUT2D eigenvalue weighted by Crippen LogP contribution is 2.32. The minimum Gasteiger partial charge on any atom is -0.493 e. The molecule has 3 rings (SSSR count). The maximum absolute atomic E-state index is 12.5. The molecule has 0 saturated carbocycles. The highest BCUT2D eigenvalue weighted by atomic mass is 19.3. The number of ether oxygens (including phenoxy) is 3. The molecule has 7 nitrogen and oxygen atoms in total. The minimum absolute atomic E-state index is 0.0618. The fraction of sp³-hybridized carbons (Fsp3) is 0.333. The fourth-order valence-electron chi connectivity index (χ4n) is 2.70. The van der Waals surface area contributed by atoms with Gasteiger partial charge < -0.3 is 18.7 Å². The number of halogens is 2. The molecule has 0 aliphatic carbocycles. The number of benzene rings is 2. The van der Waals surface area contributed by atoms with Crippen molar-refractivity contribution in [3.63, 3.8) is 0 Å². The molecule has 0 aliphatic rings. The summed E-state index contributed by atoms with van der Waals surface area (Å²) in [4.78, 5) is 6.35. The Kier molecular flexibility index (Phi) is 7.18. The van der Waals surface area contributed by atoms with Gasteiger partial charge in [0.2, 0.25) is 11.7 Å². The SMILES string of the molecule is COc1cc(-c2noc(CN(C)CCOc3ccc(C)cc3)n2)ccc1OC(F)F. The van der Waals surface area contributed by atoms with Crippen molar-refractivity contribution < 1.29 is 27.5 Å². The van der Waals surface area contributed by atoms with Crippen molar-refractivity contribution in [2.75, 3.05) is 27.3 Å². The summed E-state index contributed by atoms with van der Waals surface area (Å²) >= 11 is 0. The molecule has 0 saturated heterocycles. The van der Waals surface area contributed by atoms with Gasteiger partial charge in [0.25, 0.3) is 0 Å². The lowest BCUT2D eigenvalue weighted by molar-refractivity contribution is -0.0512. The Balaban J connectivity index is 1.55. The zero-order valence-electron chi connectivity index (χ0n) is 17.0. The van der Waals surface area contributed by atoms with Crippen LogP contribution in [0.2, 0.25) is 0 Å². The topological polar surface area (TPSA) is 69.9 Å². The minimum atomic E-state index is -2.94. The summed E-state index contributed by atoms with van der Waals surface area (Å²) in [6, 6.07) is 12.3. The zero-order chi connectivity index (χ0) is 21.5. The maximum Gasteiger partial charge on any atom is 0.387 e. The summed E-state index contributed by atoms with van der Waals surface area (Å²) in [6.45, 7) is 0.709. The van der Waals surface area contributed by atoms with Crippen LogP contribution in [0.3, 0.4) is 0 Å². The van der Waals surface area contributed by atoms with Gasteiger partial charge in [-0.05, 0) is 44.3 Å². The van der Waals surface area contributed by atoms with E-state index in [0.29, 0.717) is 37.0 Å². The van der Waals surface area contributed by atoms with Gasteiger partial charge in [-0.25, -0.2) is 0 Å². The predicted molar refractivity (Wildman–Crippen MR) is 106 cm³/mol. The van der Waals surface area contributed by atoms with Gasteiger partial charge in [-0.2, -0.15) is 13.8 Å². The van der Waals surface area contributed by atoms with Gasteiger partial charge >= 0.3 is 6.61 Å². The number of rotatable bonds is 10. The number of aryl methyl sites for hydroxylation is 1. The van der Waals surface area contributed by atoms with Crippen molar-refractivity contribution in [2.45, 2.75) is 20.1 Å². The summed E-state index contributed by atoms with van der Waals surface area (Å²) in [5.41, 5.74) is 1.74. The normalized spacial score (nSPS) is 11.2. The molecule has 0 bridgehead atoms. The quantitative estimate of drug-likeness (QED) is 0.489. The second kappa shape index (κ2) is 10.0. The van der Waals surface area contributed by atoms with Crippen LogP contribution in [0.4, 0.5) is 8.78 Å². The number of hydrogen-bond donors (Lipinski definition) is 0. The molecule has 3 aromatic rings. The third-order valence-electron chi connectivity index (χ3n) is 4.27. The molecule has 1 heterocycles. The fourth-order valence-corrected chi connectivity index (χ4v) is 2.70. The smallest absolute Gasteiger partial charge is 0.387 e. The molecular formula is C21H23F2N3O4. The van der Waals surface area contributed by atoms with Gasteiger partial charge in [0.05, 0.1) is 13.7 Å². The van der Waals surface area contributed by atoms with Gasteiger partial charge in [0, 0.05) is 12.1 Å². The molecule has 0 fully saturated rings. The van der Waals surface area contributed by atoms with Crippen LogP contribution in [-0.2, 0) is 6.54 Å². The van der Waals surface area contributed by atoms with Crippen LogP contribution >= 0.6 is 0 Å². The predicted octanol–water partition coefficient (Wildman–Crippen LogP) is 4.17. The summed E-state index contributed by atoms with van der Waals surface area (Å²) in [5.74, 6) is 1.67. The third-order valence-corrected chi connectivity index (χ3v) is 4.27. The van der Waals surface area contributed by atoms with Crippen LogP contribution in [0.1, 0.15) is 11.5 Å². The Morgan fingerprint density at radius 2 is 1.87 bits per heavy atom. The number of likely N-dealkylation sites (N-methyl/N-ethyl adjacent to an activating group) is 1. The molecule has 0 N–H and O–H groups in total. The van der Waals surface area contributed by atoms with Gasteiger partial charge in [0.1, 0.15) is 12.4 Å². The Labute approximate surface area is 173 Å². The largest absolute Gasteiger partial charge is 0.493 e. The number of hydrogen-bond acceptors (Lipinski definition) is 7. The van der Waals surface area contributed by atoms with Crippen LogP contribution < -0.4 is 14.2 Å². The zero-order valence-corrected chi connectivity index (χ0v) is 17.0. The molecular weight excluding hydrogens is 396 g/mol. The van der Waals surface area contributed by atoms with E-state index in [2.05, 4.69) is 14.9 Å².